The Hall–Kier alpha value is -2.67. The fourth-order valence-electron chi connectivity index (χ4n) is 3.62. The quantitative estimate of drug-likeness (QED) is 0.284. The number of unbranched alkanes of at least 4 members (excludes halogenated alkanes) is 1. The van der Waals surface area contributed by atoms with Gasteiger partial charge in [-0.2, -0.15) is 0 Å². The van der Waals surface area contributed by atoms with Crippen LogP contribution in [-0.2, 0) is 6.54 Å². The molecule has 0 fully saturated rings. The third-order valence-corrected chi connectivity index (χ3v) is 5.79. The maximum absolute atomic E-state index is 13.4. The first kappa shape index (κ1) is 20.6. The number of carbonyl (C=O) groups excluding carboxylic acids is 1. The van der Waals surface area contributed by atoms with Crippen molar-refractivity contribution >= 4 is 39.5 Å². The molecule has 30 heavy (non-hydrogen) atoms. The van der Waals surface area contributed by atoms with Gasteiger partial charge in [0.1, 0.15) is 5.82 Å². The summed E-state index contributed by atoms with van der Waals surface area (Å²) in [4.78, 5) is 20.2. The van der Waals surface area contributed by atoms with Gasteiger partial charge in [-0.05, 0) is 71.5 Å². The lowest BCUT2D eigenvalue weighted by Gasteiger charge is -2.23. The molecule has 0 atom stereocenters. The van der Waals surface area contributed by atoms with Crippen LogP contribution >= 0.6 is 22.6 Å². The standard InChI is InChI=1S/C25H24IN3O/c1-2-3-16-28(25(30)19-10-9-11-20(26)17-19)18-24-27-22-14-7-8-15-23(22)29(24)21-12-5-4-6-13-21/h4-15,17H,2-3,16,18H2,1H3. The Labute approximate surface area is 190 Å². The summed E-state index contributed by atoms with van der Waals surface area (Å²) < 4.78 is 3.22. The molecule has 0 aliphatic rings. The number of hydrogen-bond donors (Lipinski definition) is 0. The minimum Gasteiger partial charge on any atom is -0.331 e. The number of halogens is 1. The van der Waals surface area contributed by atoms with E-state index in [4.69, 9.17) is 4.98 Å². The molecule has 4 aromatic rings. The minimum atomic E-state index is 0.0497. The summed E-state index contributed by atoms with van der Waals surface area (Å²) in [7, 11) is 0. The number of amides is 1. The molecule has 0 N–H and O–H groups in total. The van der Waals surface area contributed by atoms with Crippen molar-refractivity contribution in [2.24, 2.45) is 0 Å². The van der Waals surface area contributed by atoms with Crippen LogP contribution < -0.4 is 0 Å². The Kier molecular flexibility index (Phi) is 6.47. The smallest absolute Gasteiger partial charge is 0.254 e. The number of para-hydroxylation sites is 3. The fourth-order valence-corrected chi connectivity index (χ4v) is 4.17. The zero-order valence-corrected chi connectivity index (χ0v) is 19.1. The molecule has 0 spiro atoms. The molecule has 0 saturated carbocycles. The zero-order valence-electron chi connectivity index (χ0n) is 17.0. The first-order valence-electron chi connectivity index (χ1n) is 10.2. The van der Waals surface area contributed by atoms with Crippen LogP contribution in [0.3, 0.4) is 0 Å². The van der Waals surface area contributed by atoms with Gasteiger partial charge in [0.2, 0.25) is 0 Å². The van der Waals surface area contributed by atoms with Crippen molar-refractivity contribution in [1.82, 2.24) is 14.5 Å². The summed E-state index contributed by atoms with van der Waals surface area (Å²) >= 11 is 2.25. The average Bonchev–Trinajstić information content (AvgIpc) is 3.14. The zero-order chi connectivity index (χ0) is 20.9. The van der Waals surface area contributed by atoms with Gasteiger partial charge in [-0.25, -0.2) is 4.98 Å². The molecule has 152 valence electrons. The van der Waals surface area contributed by atoms with Crippen molar-refractivity contribution < 1.29 is 4.79 Å². The molecule has 0 aliphatic heterocycles. The van der Waals surface area contributed by atoms with E-state index in [0.29, 0.717) is 13.1 Å². The Morgan fingerprint density at radius 2 is 1.77 bits per heavy atom. The van der Waals surface area contributed by atoms with Crippen LogP contribution in [0.1, 0.15) is 35.9 Å². The van der Waals surface area contributed by atoms with Gasteiger partial charge < -0.3 is 4.90 Å². The average molecular weight is 509 g/mol. The minimum absolute atomic E-state index is 0.0497. The molecule has 0 unspecified atom stereocenters. The molecule has 5 heteroatoms. The van der Waals surface area contributed by atoms with Gasteiger partial charge in [-0.15, -0.1) is 0 Å². The number of imidazole rings is 1. The maximum atomic E-state index is 13.4. The highest BCUT2D eigenvalue weighted by Gasteiger charge is 2.20. The molecule has 3 aromatic carbocycles. The van der Waals surface area contributed by atoms with E-state index >= 15 is 0 Å². The maximum Gasteiger partial charge on any atom is 0.254 e. The van der Waals surface area contributed by atoms with Crippen LogP contribution in [0.25, 0.3) is 16.7 Å². The number of aromatic nitrogens is 2. The second-order valence-electron chi connectivity index (χ2n) is 7.28. The molecule has 0 radical (unpaired) electrons. The van der Waals surface area contributed by atoms with E-state index in [9.17, 15) is 4.79 Å². The van der Waals surface area contributed by atoms with Gasteiger partial charge in [0, 0.05) is 21.4 Å². The third kappa shape index (κ3) is 4.41. The van der Waals surface area contributed by atoms with E-state index in [-0.39, 0.29) is 5.91 Å². The van der Waals surface area contributed by atoms with Gasteiger partial charge in [0.15, 0.2) is 0 Å². The summed E-state index contributed by atoms with van der Waals surface area (Å²) in [5.74, 6) is 0.922. The van der Waals surface area contributed by atoms with Crippen LogP contribution in [0.5, 0.6) is 0 Å². The predicted molar refractivity (Wildman–Crippen MR) is 130 cm³/mol. The molecular formula is C25H24IN3O. The van der Waals surface area contributed by atoms with Gasteiger partial charge in [0.05, 0.1) is 17.6 Å². The second kappa shape index (κ2) is 9.43. The number of fused-ring (bicyclic) bond motifs is 1. The van der Waals surface area contributed by atoms with Crippen LogP contribution in [0.15, 0.2) is 78.9 Å². The Morgan fingerprint density at radius 3 is 2.53 bits per heavy atom. The predicted octanol–water partition coefficient (Wildman–Crippen LogP) is 6.07. The largest absolute Gasteiger partial charge is 0.331 e. The fraction of sp³-hybridized carbons (Fsp3) is 0.200. The lowest BCUT2D eigenvalue weighted by molar-refractivity contribution is 0.0736. The van der Waals surface area contributed by atoms with E-state index in [1.165, 1.54) is 0 Å². The summed E-state index contributed by atoms with van der Waals surface area (Å²) in [5.41, 5.74) is 3.77. The van der Waals surface area contributed by atoms with E-state index in [1.807, 2.05) is 65.6 Å². The highest BCUT2D eigenvalue weighted by Crippen LogP contribution is 2.23. The number of rotatable bonds is 7. The van der Waals surface area contributed by atoms with Crippen molar-refractivity contribution in [3.63, 3.8) is 0 Å². The molecule has 0 bridgehead atoms. The molecule has 1 aromatic heterocycles. The van der Waals surface area contributed by atoms with Gasteiger partial charge >= 0.3 is 0 Å². The van der Waals surface area contributed by atoms with Crippen molar-refractivity contribution in [2.75, 3.05) is 6.54 Å². The lowest BCUT2D eigenvalue weighted by atomic mass is 10.2. The lowest BCUT2D eigenvalue weighted by Crippen LogP contribution is -2.32. The number of carbonyl (C=O) groups is 1. The normalized spacial score (nSPS) is 11.0. The monoisotopic (exact) mass is 509 g/mol. The van der Waals surface area contributed by atoms with Crippen LogP contribution in [0.4, 0.5) is 0 Å². The van der Waals surface area contributed by atoms with E-state index in [0.717, 1.165) is 44.5 Å². The molecule has 1 amide bonds. The number of benzene rings is 3. The molecule has 0 aliphatic carbocycles. The van der Waals surface area contributed by atoms with Gasteiger partial charge in [0.25, 0.3) is 5.91 Å². The Morgan fingerprint density at radius 1 is 1.00 bits per heavy atom. The van der Waals surface area contributed by atoms with Crippen molar-refractivity contribution in [1.29, 1.82) is 0 Å². The highest BCUT2D eigenvalue weighted by molar-refractivity contribution is 14.1. The van der Waals surface area contributed by atoms with Crippen molar-refractivity contribution in [3.05, 3.63) is 93.8 Å². The summed E-state index contributed by atoms with van der Waals surface area (Å²) in [6, 6.07) is 26.1. The topological polar surface area (TPSA) is 38.1 Å². The van der Waals surface area contributed by atoms with Crippen LogP contribution in [0.2, 0.25) is 0 Å². The summed E-state index contributed by atoms with van der Waals surface area (Å²) in [6.45, 7) is 3.32. The number of nitrogens with zero attached hydrogens (tertiary/aromatic N) is 3. The van der Waals surface area contributed by atoms with E-state index < -0.39 is 0 Å². The molecule has 4 rings (SSSR count). The molecule has 1 heterocycles. The summed E-state index contributed by atoms with van der Waals surface area (Å²) in [5, 5.41) is 0. The van der Waals surface area contributed by atoms with Gasteiger partial charge in [-0.3, -0.25) is 9.36 Å². The van der Waals surface area contributed by atoms with Crippen LogP contribution in [0, 0.1) is 3.57 Å². The second-order valence-corrected chi connectivity index (χ2v) is 8.52. The summed E-state index contributed by atoms with van der Waals surface area (Å²) in [6.07, 6.45) is 1.99. The molecule has 4 nitrogen and oxygen atoms in total. The third-order valence-electron chi connectivity index (χ3n) is 5.12. The Bertz CT molecular complexity index is 1150. The first-order chi connectivity index (χ1) is 14.7. The highest BCUT2D eigenvalue weighted by atomic mass is 127. The van der Waals surface area contributed by atoms with Crippen LogP contribution in [-0.4, -0.2) is 26.9 Å². The van der Waals surface area contributed by atoms with E-state index in [1.54, 1.807) is 0 Å². The number of hydrogen-bond acceptors (Lipinski definition) is 2. The van der Waals surface area contributed by atoms with Crippen molar-refractivity contribution in [2.45, 2.75) is 26.3 Å². The van der Waals surface area contributed by atoms with Crippen molar-refractivity contribution in [3.8, 4) is 5.69 Å². The van der Waals surface area contributed by atoms with Gasteiger partial charge in [-0.1, -0.05) is 49.7 Å². The Balaban J connectivity index is 1.75. The molecule has 0 saturated heterocycles. The van der Waals surface area contributed by atoms with E-state index in [2.05, 4.69) is 52.3 Å². The SMILES string of the molecule is CCCCN(Cc1nc2ccccc2n1-c1ccccc1)C(=O)c1cccc(I)c1. The molecular weight excluding hydrogens is 485 g/mol. The first-order valence-corrected chi connectivity index (χ1v) is 11.3.